The zero-order valence-electron chi connectivity index (χ0n) is 25.0. The number of likely N-dealkylation sites (N-methyl/N-ethyl adjacent to an activating group) is 1. The van der Waals surface area contributed by atoms with Crippen LogP contribution >= 0.6 is 0 Å². The molecule has 0 aromatic carbocycles. The smallest absolute Gasteiger partial charge is 0.308 e. The van der Waals surface area contributed by atoms with Gasteiger partial charge in [-0.25, -0.2) is 0 Å². The van der Waals surface area contributed by atoms with Crippen molar-refractivity contribution in [3.63, 3.8) is 0 Å². The van der Waals surface area contributed by atoms with Crippen molar-refractivity contribution in [2.75, 3.05) is 27.9 Å². The summed E-state index contributed by atoms with van der Waals surface area (Å²) in [7, 11) is 4.50. The Bertz CT molecular complexity index is 1530. The Balaban J connectivity index is 1.50. The lowest BCUT2D eigenvalue weighted by Crippen LogP contribution is -2.74. The quantitative estimate of drug-likeness (QED) is 0.343. The van der Waals surface area contributed by atoms with E-state index in [0.29, 0.717) is 11.1 Å². The van der Waals surface area contributed by atoms with Crippen molar-refractivity contribution in [2.45, 2.75) is 82.6 Å². The molecule has 11 heteroatoms. The minimum atomic E-state index is -0.923. The van der Waals surface area contributed by atoms with Crippen LogP contribution in [0, 0.1) is 17.2 Å². The second-order valence-corrected chi connectivity index (χ2v) is 12.2. The number of hydrogen-bond donors (Lipinski definition) is 0. The molecule has 43 heavy (non-hydrogen) atoms. The Morgan fingerprint density at radius 1 is 0.860 bits per heavy atom. The van der Waals surface area contributed by atoms with E-state index in [1.54, 1.807) is 6.92 Å². The average molecular weight is 590 g/mol. The van der Waals surface area contributed by atoms with Gasteiger partial charge in [-0.2, -0.15) is 5.26 Å². The van der Waals surface area contributed by atoms with Crippen molar-refractivity contribution >= 4 is 29.1 Å². The normalized spacial score (nSPS) is 31.7. The van der Waals surface area contributed by atoms with Crippen LogP contribution in [0.15, 0.2) is 45.0 Å². The zero-order chi connectivity index (χ0) is 30.9. The molecule has 6 rings (SSSR count). The molecule has 2 bridgehead atoms. The third-order valence-corrected chi connectivity index (χ3v) is 10.3. The first-order valence-electron chi connectivity index (χ1n) is 14.8. The van der Waals surface area contributed by atoms with E-state index >= 15 is 0 Å². The highest BCUT2D eigenvalue weighted by molar-refractivity contribution is 6.26. The minimum Gasteiger partial charge on any atom is -0.492 e. The number of Topliss-reactive ketones (excluding diaryl/α,β-unsaturated/α-hetero) is 4. The van der Waals surface area contributed by atoms with Crippen LogP contribution in [-0.4, -0.2) is 97.0 Å². The number of piperazine rings is 1. The number of fused-ring (bicyclic) bond motifs is 5. The fourth-order valence-electron chi connectivity index (χ4n) is 8.22. The minimum absolute atomic E-state index is 0.0188. The van der Waals surface area contributed by atoms with Crippen LogP contribution in [0.5, 0.6) is 0 Å². The molecule has 0 aromatic heterocycles. The highest BCUT2D eigenvalue weighted by Crippen LogP contribution is 2.49. The zero-order valence-corrected chi connectivity index (χ0v) is 25.0. The number of carbonyl (C=O) groups is 5. The highest BCUT2D eigenvalue weighted by Gasteiger charge is 2.60. The Hall–Kier alpha value is -3.88. The van der Waals surface area contributed by atoms with Gasteiger partial charge in [-0.3, -0.25) is 33.8 Å². The van der Waals surface area contributed by atoms with Crippen molar-refractivity contribution in [1.29, 1.82) is 5.26 Å². The van der Waals surface area contributed by atoms with E-state index in [0.717, 1.165) is 25.7 Å². The SMILES string of the molecule is COC1=C(C)C(=O)C2=C(C1=O)[C@@H]1[C@@H]3CC4=C(C(=O)C(OC)=C(C)C4=O)[C@H](COC(=O)C4CCCC4)N3[C@@H](C#N)[C@H](C2)N1C. The molecule has 11 nitrogen and oxygen atoms in total. The lowest BCUT2D eigenvalue weighted by Gasteiger charge is -2.60. The molecule has 3 aliphatic carbocycles. The van der Waals surface area contributed by atoms with Gasteiger partial charge in [0.2, 0.25) is 11.6 Å². The van der Waals surface area contributed by atoms with Gasteiger partial charge in [0.25, 0.3) is 0 Å². The van der Waals surface area contributed by atoms with Gasteiger partial charge in [-0.1, -0.05) is 12.8 Å². The second-order valence-electron chi connectivity index (χ2n) is 12.2. The van der Waals surface area contributed by atoms with E-state index in [1.165, 1.54) is 21.1 Å². The van der Waals surface area contributed by atoms with Gasteiger partial charge in [0.15, 0.2) is 23.1 Å². The number of ether oxygens (including phenoxy) is 3. The van der Waals surface area contributed by atoms with E-state index < -0.39 is 41.8 Å². The molecule has 0 N–H and O–H groups in total. The topological polar surface area (TPSA) is 143 Å². The Labute approximate surface area is 249 Å². The maximum absolute atomic E-state index is 13.9. The summed E-state index contributed by atoms with van der Waals surface area (Å²) in [6.07, 6.45) is 3.55. The summed E-state index contributed by atoms with van der Waals surface area (Å²) in [5, 5.41) is 10.6. The number of carbonyl (C=O) groups excluding carboxylic acids is 5. The summed E-state index contributed by atoms with van der Waals surface area (Å²) in [6.45, 7) is 2.86. The van der Waals surface area contributed by atoms with Gasteiger partial charge < -0.3 is 14.2 Å². The van der Waals surface area contributed by atoms with E-state index in [9.17, 15) is 29.2 Å². The van der Waals surface area contributed by atoms with Crippen LogP contribution < -0.4 is 0 Å². The molecule has 1 saturated carbocycles. The van der Waals surface area contributed by atoms with Crippen LogP contribution in [0.2, 0.25) is 0 Å². The van der Waals surface area contributed by atoms with E-state index in [4.69, 9.17) is 14.2 Å². The molecule has 0 aromatic rings. The molecule has 6 aliphatic rings. The summed E-state index contributed by atoms with van der Waals surface area (Å²) in [5.41, 5.74) is 1.49. The predicted octanol–water partition coefficient (Wildman–Crippen LogP) is 1.88. The number of ketones is 4. The van der Waals surface area contributed by atoms with Crippen molar-refractivity contribution in [2.24, 2.45) is 5.92 Å². The largest absolute Gasteiger partial charge is 0.492 e. The van der Waals surface area contributed by atoms with Gasteiger partial charge in [-0.15, -0.1) is 0 Å². The van der Waals surface area contributed by atoms with Gasteiger partial charge in [0.05, 0.1) is 38.3 Å². The van der Waals surface area contributed by atoms with Crippen molar-refractivity contribution < 1.29 is 38.2 Å². The molecule has 5 atom stereocenters. The number of rotatable bonds is 5. The van der Waals surface area contributed by atoms with Crippen LogP contribution in [0.3, 0.4) is 0 Å². The maximum atomic E-state index is 13.9. The Morgan fingerprint density at radius 3 is 1.95 bits per heavy atom. The fourth-order valence-corrected chi connectivity index (χ4v) is 8.22. The van der Waals surface area contributed by atoms with Crippen molar-refractivity contribution in [3.05, 3.63) is 45.0 Å². The van der Waals surface area contributed by atoms with Gasteiger partial charge in [-0.05, 0) is 46.6 Å². The molecular formula is C32H35N3O8. The third-order valence-electron chi connectivity index (χ3n) is 10.3. The van der Waals surface area contributed by atoms with Gasteiger partial charge in [0.1, 0.15) is 12.6 Å². The standard InChI is InChI=1S/C32H35N3O8/c1-14-26(36)17-11-20-25-24-18(27(37)15(2)31(42-5)29(24)39)10-19(34(25)3)21(12-33)35(20)22(23(17)28(38)30(14)41-4)13-43-32(40)16-8-6-7-9-16/h16,19-22,25H,6-11,13H2,1-5H3/t19-,20-,21-,22-,25-/m0/s1. The molecule has 0 amide bonds. The molecule has 0 unspecified atom stereocenters. The van der Waals surface area contributed by atoms with Crippen LogP contribution in [0.4, 0.5) is 0 Å². The van der Waals surface area contributed by atoms with Gasteiger partial charge >= 0.3 is 5.97 Å². The van der Waals surface area contributed by atoms with Crippen molar-refractivity contribution in [1.82, 2.24) is 9.80 Å². The van der Waals surface area contributed by atoms with Crippen LogP contribution in [-0.2, 0) is 38.2 Å². The number of methoxy groups -OCH3 is 2. The van der Waals surface area contributed by atoms with Crippen LogP contribution in [0.1, 0.15) is 52.4 Å². The summed E-state index contributed by atoms with van der Waals surface area (Å²) in [4.78, 5) is 71.9. The molecule has 226 valence electrons. The van der Waals surface area contributed by atoms with E-state index in [1.807, 2.05) is 16.8 Å². The Kier molecular flexibility index (Phi) is 7.26. The lowest BCUT2D eigenvalue weighted by atomic mass is 9.67. The predicted molar refractivity (Wildman–Crippen MR) is 150 cm³/mol. The number of allylic oxidation sites excluding steroid dienone is 4. The summed E-state index contributed by atoms with van der Waals surface area (Å²) in [6, 6.07) is -1.18. The van der Waals surface area contributed by atoms with Gasteiger partial charge in [0, 0.05) is 45.5 Å². The number of esters is 1. The summed E-state index contributed by atoms with van der Waals surface area (Å²) < 4.78 is 16.6. The van der Waals surface area contributed by atoms with E-state index in [2.05, 4.69) is 6.07 Å². The summed E-state index contributed by atoms with van der Waals surface area (Å²) in [5.74, 6) is -2.19. The third kappa shape index (κ3) is 4.10. The molecule has 0 radical (unpaired) electrons. The first-order valence-corrected chi connectivity index (χ1v) is 14.8. The lowest BCUT2D eigenvalue weighted by molar-refractivity contribution is -0.152. The molecule has 2 fully saturated rings. The van der Waals surface area contributed by atoms with Crippen LogP contribution in [0.25, 0.3) is 0 Å². The number of nitrogens with zero attached hydrogens (tertiary/aromatic N) is 3. The first kappa shape index (κ1) is 29.2. The average Bonchev–Trinajstić information content (AvgIpc) is 3.53. The molecule has 3 aliphatic heterocycles. The second kappa shape index (κ2) is 10.7. The summed E-state index contributed by atoms with van der Waals surface area (Å²) >= 11 is 0. The van der Waals surface area contributed by atoms with Crippen molar-refractivity contribution in [3.8, 4) is 6.07 Å². The highest BCUT2D eigenvalue weighted by atomic mass is 16.5. The Morgan fingerprint density at radius 2 is 1.40 bits per heavy atom. The fraction of sp³-hybridized carbons (Fsp3) is 0.562. The molecular weight excluding hydrogens is 554 g/mol. The number of hydrogen-bond acceptors (Lipinski definition) is 11. The molecule has 3 heterocycles. The monoisotopic (exact) mass is 589 g/mol. The number of nitriles is 1. The maximum Gasteiger partial charge on any atom is 0.308 e. The first-order chi connectivity index (χ1) is 20.6. The molecule has 1 saturated heterocycles. The van der Waals surface area contributed by atoms with E-state index in [-0.39, 0.29) is 76.7 Å². The molecule has 0 spiro atoms.